The molecule has 11 heteroatoms. The Hall–Kier alpha value is -4.38. The van der Waals surface area contributed by atoms with E-state index in [1.807, 2.05) is 28.8 Å². The Morgan fingerprint density at radius 2 is 1.73 bits per heavy atom. The predicted molar refractivity (Wildman–Crippen MR) is 120 cm³/mol. The molecule has 1 fully saturated rings. The highest BCUT2D eigenvalue weighted by molar-refractivity contribution is 5.66. The van der Waals surface area contributed by atoms with E-state index in [2.05, 4.69) is 25.0 Å². The van der Waals surface area contributed by atoms with Gasteiger partial charge in [-0.25, -0.2) is 19.6 Å². The van der Waals surface area contributed by atoms with Crippen molar-refractivity contribution in [1.29, 1.82) is 0 Å². The molecule has 0 radical (unpaired) electrons. The Balaban J connectivity index is 1.51. The highest BCUT2D eigenvalue weighted by Gasteiger charge is 2.20. The molecule has 0 aromatic carbocycles. The maximum Gasteiger partial charge on any atom is 0.273 e. The van der Waals surface area contributed by atoms with Crippen molar-refractivity contribution in [2.24, 2.45) is 0 Å². The second kappa shape index (κ2) is 7.95. The summed E-state index contributed by atoms with van der Waals surface area (Å²) in [7, 11) is 0. The SMILES string of the molecule is O=c1cc(-c2cncnc2)[nH]n1-c1cc(N2CCOCC2)n2nc(-c3ccncc3)cc2n1. The number of H-pyrrole nitrogens is 1. The van der Waals surface area contributed by atoms with Crippen molar-refractivity contribution in [1.82, 2.24) is 39.3 Å². The van der Waals surface area contributed by atoms with E-state index in [0.717, 1.165) is 30.2 Å². The zero-order valence-corrected chi connectivity index (χ0v) is 17.5. The molecule has 0 unspecified atom stereocenters. The summed E-state index contributed by atoms with van der Waals surface area (Å²) in [6.07, 6.45) is 8.21. The van der Waals surface area contributed by atoms with Crippen molar-refractivity contribution in [2.75, 3.05) is 31.2 Å². The van der Waals surface area contributed by atoms with Crippen LogP contribution in [0.1, 0.15) is 0 Å². The van der Waals surface area contributed by atoms with Gasteiger partial charge in [-0.1, -0.05) is 0 Å². The number of hydrogen-bond donors (Lipinski definition) is 1. The van der Waals surface area contributed by atoms with Gasteiger partial charge in [0, 0.05) is 67.2 Å². The first-order valence-electron chi connectivity index (χ1n) is 10.5. The number of pyridine rings is 1. The minimum absolute atomic E-state index is 0.229. The van der Waals surface area contributed by atoms with Gasteiger partial charge in [0.15, 0.2) is 11.5 Å². The van der Waals surface area contributed by atoms with E-state index in [1.54, 1.807) is 24.8 Å². The molecule has 0 amide bonds. The van der Waals surface area contributed by atoms with Crippen molar-refractivity contribution >= 4 is 11.5 Å². The molecule has 6 heterocycles. The van der Waals surface area contributed by atoms with Crippen LogP contribution in [0.15, 0.2) is 66.2 Å². The van der Waals surface area contributed by atoms with Gasteiger partial charge in [0.05, 0.1) is 24.6 Å². The maximum absolute atomic E-state index is 12.9. The van der Waals surface area contributed by atoms with Crippen LogP contribution in [0.2, 0.25) is 0 Å². The van der Waals surface area contributed by atoms with E-state index in [-0.39, 0.29) is 5.56 Å². The summed E-state index contributed by atoms with van der Waals surface area (Å²) < 4.78 is 8.76. The average molecular weight is 441 g/mol. The van der Waals surface area contributed by atoms with E-state index < -0.39 is 0 Å². The molecule has 6 rings (SSSR count). The Labute approximate surface area is 187 Å². The number of ether oxygens (including phenoxy) is 1. The van der Waals surface area contributed by atoms with Crippen LogP contribution in [-0.2, 0) is 4.74 Å². The second-order valence-electron chi connectivity index (χ2n) is 7.58. The van der Waals surface area contributed by atoms with Gasteiger partial charge in [-0.2, -0.15) is 9.61 Å². The third-order valence-corrected chi connectivity index (χ3v) is 5.53. The number of aromatic amines is 1. The molecule has 0 spiro atoms. The monoisotopic (exact) mass is 441 g/mol. The number of morpholine rings is 1. The maximum atomic E-state index is 12.9. The van der Waals surface area contributed by atoms with Crippen molar-refractivity contribution in [3.8, 4) is 28.3 Å². The van der Waals surface area contributed by atoms with E-state index in [1.165, 1.54) is 17.1 Å². The molecule has 1 aliphatic heterocycles. The first-order chi connectivity index (χ1) is 16.3. The van der Waals surface area contributed by atoms with Gasteiger partial charge in [-0.3, -0.25) is 14.9 Å². The summed E-state index contributed by atoms with van der Waals surface area (Å²) in [6.45, 7) is 2.68. The number of aromatic nitrogens is 8. The summed E-state index contributed by atoms with van der Waals surface area (Å²) in [5.41, 5.74) is 3.44. The second-order valence-corrected chi connectivity index (χ2v) is 7.58. The molecular weight excluding hydrogens is 422 g/mol. The molecule has 0 saturated carbocycles. The van der Waals surface area contributed by atoms with Gasteiger partial charge < -0.3 is 9.64 Å². The van der Waals surface area contributed by atoms with Crippen molar-refractivity contribution in [2.45, 2.75) is 0 Å². The van der Waals surface area contributed by atoms with Crippen LogP contribution in [-0.4, -0.2) is 65.6 Å². The van der Waals surface area contributed by atoms with Gasteiger partial charge in [-0.15, -0.1) is 0 Å². The van der Waals surface area contributed by atoms with Crippen LogP contribution in [0.4, 0.5) is 5.82 Å². The van der Waals surface area contributed by atoms with Crippen molar-refractivity contribution < 1.29 is 4.74 Å². The third kappa shape index (κ3) is 3.53. The summed E-state index contributed by atoms with van der Waals surface area (Å²) in [5, 5.41) is 7.93. The lowest BCUT2D eigenvalue weighted by atomic mass is 10.2. The molecule has 1 saturated heterocycles. The molecule has 0 atom stereocenters. The highest BCUT2D eigenvalue weighted by Crippen LogP contribution is 2.25. The first kappa shape index (κ1) is 19.3. The number of fused-ring (bicyclic) bond motifs is 1. The molecular formula is C22H19N9O2. The van der Waals surface area contributed by atoms with Crippen LogP contribution in [0.25, 0.3) is 34.0 Å². The fraction of sp³-hybridized carbons (Fsp3) is 0.182. The molecule has 1 aliphatic rings. The topological polar surface area (TPSA) is 119 Å². The quantitative estimate of drug-likeness (QED) is 0.446. The van der Waals surface area contributed by atoms with Gasteiger partial charge in [0.1, 0.15) is 12.1 Å². The Bertz CT molecular complexity index is 1470. The zero-order chi connectivity index (χ0) is 22.2. The zero-order valence-electron chi connectivity index (χ0n) is 17.5. The standard InChI is InChI=1S/C22H19N9O2/c32-22-10-18(16-12-24-14-25-13-16)28-31(22)20-11-21(29-5-7-33-8-6-29)30-19(26-20)9-17(27-30)15-1-3-23-4-2-15/h1-4,9-14,28H,5-8H2. The Kier molecular flexibility index (Phi) is 4.65. The van der Waals surface area contributed by atoms with Gasteiger partial charge >= 0.3 is 0 Å². The van der Waals surface area contributed by atoms with Crippen LogP contribution >= 0.6 is 0 Å². The van der Waals surface area contributed by atoms with Gasteiger partial charge in [0.25, 0.3) is 5.56 Å². The smallest absolute Gasteiger partial charge is 0.273 e. The van der Waals surface area contributed by atoms with Crippen molar-refractivity contribution in [3.63, 3.8) is 0 Å². The van der Waals surface area contributed by atoms with E-state index in [9.17, 15) is 4.79 Å². The molecule has 0 aliphatic carbocycles. The fourth-order valence-electron chi connectivity index (χ4n) is 3.89. The average Bonchev–Trinajstić information content (AvgIpc) is 3.49. The van der Waals surface area contributed by atoms with Gasteiger partial charge in [0.2, 0.25) is 0 Å². The van der Waals surface area contributed by atoms with Gasteiger partial charge in [-0.05, 0) is 12.1 Å². The molecule has 5 aromatic heterocycles. The Morgan fingerprint density at radius 3 is 2.52 bits per heavy atom. The molecule has 5 aromatic rings. The number of nitrogens with zero attached hydrogens (tertiary/aromatic N) is 8. The molecule has 11 nitrogen and oxygen atoms in total. The van der Waals surface area contributed by atoms with Crippen LogP contribution in [0.3, 0.4) is 0 Å². The fourth-order valence-corrected chi connectivity index (χ4v) is 3.89. The van der Waals surface area contributed by atoms with E-state index in [4.69, 9.17) is 14.8 Å². The largest absolute Gasteiger partial charge is 0.378 e. The number of rotatable bonds is 4. The first-order valence-corrected chi connectivity index (χ1v) is 10.5. The van der Waals surface area contributed by atoms with Crippen LogP contribution in [0.5, 0.6) is 0 Å². The normalized spacial score (nSPS) is 14.1. The lowest BCUT2D eigenvalue weighted by Crippen LogP contribution is -2.37. The summed E-state index contributed by atoms with van der Waals surface area (Å²) >= 11 is 0. The number of hydrogen-bond acceptors (Lipinski definition) is 8. The molecule has 33 heavy (non-hydrogen) atoms. The molecule has 1 N–H and O–H groups in total. The number of anilines is 1. The summed E-state index contributed by atoms with van der Waals surface area (Å²) in [6, 6.07) is 9.09. The van der Waals surface area contributed by atoms with Crippen molar-refractivity contribution in [3.05, 3.63) is 71.8 Å². The predicted octanol–water partition coefficient (Wildman–Crippen LogP) is 1.56. The van der Waals surface area contributed by atoms with Crippen LogP contribution < -0.4 is 10.5 Å². The third-order valence-electron chi connectivity index (χ3n) is 5.53. The van der Waals surface area contributed by atoms with E-state index in [0.29, 0.717) is 35.9 Å². The van der Waals surface area contributed by atoms with E-state index >= 15 is 0 Å². The molecule has 0 bridgehead atoms. The summed E-state index contributed by atoms with van der Waals surface area (Å²) in [5.74, 6) is 1.31. The lowest BCUT2D eigenvalue weighted by molar-refractivity contribution is 0.122. The lowest BCUT2D eigenvalue weighted by Gasteiger charge is -2.29. The number of nitrogens with one attached hydrogen (secondary N) is 1. The highest BCUT2D eigenvalue weighted by atomic mass is 16.5. The summed E-state index contributed by atoms with van der Waals surface area (Å²) in [4.78, 5) is 31.9. The minimum Gasteiger partial charge on any atom is -0.378 e. The molecule has 164 valence electrons. The Morgan fingerprint density at radius 1 is 0.939 bits per heavy atom. The van der Waals surface area contributed by atoms with Crippen LogP contribution in [0, 0.1) is 0 Å². The minimum atomic E-state index is -0.229.